The van der Waals surface area contributed by atoms with E-state index < -0.39 is 0 Å². The van der Waals surface area contributed by atoms with E-state index in [1.165, 1.54) is 45.3 Å². The third-order valence-electron chi connectivity index (χ3n) is 5.64. The summed E-state index contributed by atoms with van der Waals surface area (Å²) in [6, 6.07) is 0. The van der Waals surface area contributed by atoms with Crippen LogP contribution < -0.4 is 0 Å². The van der Waals surface area contributed by atoms with Crippen LogP contribution in [0, 0.1) is 23.7 Å². The van der Waals surface area contributed by atoms with Gasteiger partial charge in [-0.05, 0) is 62.4 Å². The monoisotopic (exact) mass is 308 g/mol. The van der Waals surface area contributed by atoms with Gasteiger partial charge in [-0.1, -0.05) is 27.7 Å². The molecule has 0 aliphatic carbocycles. The first-order valence-corrected chi connectivity index (χ1v) is 9.45. The van der Waals surface area contributed by atoms with Crippen LogP contribution in [0.2, 0.25) is 0 Å². The summed E-state index contributed by atoms with van der Waals surface area (Å²) < 4.78 is 0. The van der Waals surface area contributed by atoms with Gasteiger partial charge < -0.3 is 9.80 Å². The van der Waals surface area contributed by atoms with Gasteiger partial charge in [0.2, 0.25) is 5.91 Å². The van der Waals surface area contributed by atoms with Crippen LogP contribution in [0.4, 0.5) is 0 Å². The maximum absolute atomic E-state index is 12.1. The van der Waals surface area contributed by atoms with Crippen molar-refractivity contribution in [1.82, 2.24) is 9.80 Å². The van der Waals surface area contributed by atoms with Gasteiger partial charge in [-0.15, -0.1) is 0 Å². The molecule has 0 atom stereocenters. The van der Waals surface area contributed by atoms with E-state index in [0.717, 1.165) is 30.8 Å². The van der Waals surface area contributed by atoms with Crippen molar-refractivity contribution in [3.8, 4) is 0 Å². The van der Waals surface area contributed by atoms with Gasteiger partial charge in [0.25, 0.3) is 0 Å². The van der Waals surface area contributed by atoms with Gasteiger partial charge in [0.15, 0.2) is 0 Å². The van der Waals surface area contributed by atoms with Gasteiger partial charge in [-0.3, -0.25) is 4.79 Å². The number of nitrogens with zero attached hydrogens (tertiary/aromatic N) is 2. The molecule has 0 unspecified atom stereocenters. The molecule has 2 aliphatic heterocycles. The number of carbonyl (C=O) groups is 1. The fourth-order valence-corrected chi connectivity index (χ4v) is 4.01. The molecule has 2 saturated heterocycles. The second-order valence-corrected chi connectivity index (χ2v) is 8.30. The minimum absolute atomic E-state index is 0.367. The molecule has 0 aromatic heterocycles. The Morgan fingerprint density at radius 1 is 0.955 bits per heavy atom. The van der Waals surface area contributed by atoms with Crippen LogP contribution in [0.1, 0.15) is 59.8 Å². The summed E-state index contributed by atoms with van der Waals surface area (Å²) >= 11 is 0. The summed E-state index contributed by atoms with van der Waals surface area (Å²) in [7, 11) is 0. The Morgan fingerprint density at radius 3 is 2.05 bits per heavy atom. The van der Waals surface area contributed by atoms with Crippen molar-refractivity contribution in [2.24, 2.45) is 23.7 Å². The Balaban J connectivity index is 1.67. The molecule has 22 heavy (non-hydrogen) atoms. The van der Waals surface area contributed by atoms with Gasteiger partial charge in [0.1, 0.15) is 0 Å². The Kier molecular flexibility index (Phi) is 6.73. The molecule has 2 fully saturated rings. The molecule has 2 rings (SSSR count). The van der Waals surface area contributed by atoms with Crippen molar-refractivity contribution >= 4 is 5.91 Å². The predicted octanol–water partition coefficient (Wildman–Crippen LogP) is 3.64. The lowest BCUT2D eigenvalue weighted by Crippen LogP contribution is -2.43. The highest BCUT2D eigenvalue weighted by Crippen LogP contribution is 2.26. The molecular weight excluding hydrogens is 272 g/mol. The fourth-order valence-electron chi connectivity index (χ4n) is 4.01. The zero-order valence-corrected chi connectivity index (χ0v) is 15.2. The minimum atomic E-state index is 0.367. The lowest BCUT2D eigenvalue weighted by atomic mass is 9.86. The highest BCUT2D eigenvalue weighted by molar-refractivity contribution is 5.76. The van der Waals surface area contributed by atoms with Crippen molar-refractivity contribution in [3.63, 3.8) is 0 Å². The Morgan fingerprint density at radius 2 is 1.55 bits per heavy atom. The average Bonchev–Trinajstić information content (AvgIpc) is 2.48. The summed E-state index contributed by atoms with van der Waals surface area (Å²) in [5.74, 6) is 3.43. The van der Waals surface area contributed by atoms with E-state index in [2.05, 4.69) is 37.5 Å². The van der Waals surface area contributed by atoms with Gasteiger partial charge >= 0.3 is 0 Å². The van der Waals surface area contributed by atoms with Crippen molar-refractivity contribution in [2.75, 3.05) is 32.7 Å². The van der Waals surface area contributed by atoms with Crippen LogP contribution in [0.25, 0.3) is 0 Å². The van der Waals surface area contributed by atoms with Crippen LogP contribution in [0.3, 0.4) is 0 Å². The topological polar surface area (TPSA) is 23.6 Å². The number of carbonyl (C=O) groups excluding carboxylic acids is 1. The first-order chi connectivity index (χ1) is 10.5. The average molecular weight is 309 g/mol. The molecule has 0 radical (unpaired) electrons. The quantitative estimate of drug-likeness (QED) is 0.774. The molecule has 0 spiro atoms. The van der Waals surface area contributed by atoms with E-state index in [0.29, 0.717) is 18.2 Å². The first-order valence-electron chi connectivity index (χ1n) is 9.45. The molecule has 0 N–H and O–H groups in total. The van der Waals surface area contributed by atoms with Gasteiger partial charge in [0, 0.05) is 26.1 Å². The fraction of sp³-hybridized carbons (Fsp3) is 0.947. The maximum Gasteiger partial charge on any atom is 0.222 e. The van der Waals surface area contributed by atoms with Gasteiger partial charge in [0.05, 0.1) is 0 Å². The maximum atomic E-state index is 12.1. The normalized spacial score (nSPS) is 22.7. The SMILES string of the molecule is CC(C)CC(=O)N1CCC(CN2CCC(C(C)C)CC2)CC1. The molecule has 3 nitrogen and oxygen atoms in total. The number of hydrogen-bond acceptors (Lipinski definition) is 2. The van der Waals surface area contributed by atoms with Crippen LogP contribution >= 0.6 is 0 Å². The molecule has 128 valence electrons. The summed E-state index contributed by atoms with van der Waals surface area (Å²) in [6.07, 6.45) is 5.88. The highest BCUT2D eigenvalue weighted by Gasteiger charge is 2.27. The lowest BCUT2D eigenvalue weighted by Gasteiger charge is -2.38. The molecule has 2 aliphatic rings. The molecule has 0 saturated carbocycles. The van der Waals surface area contributed by atoms with Crippen molar-refractivity contribution in [1.29, 1.82) is 0 Å². The lowest BCUT2D eigenvalue weighted by molar-refractivity contribution is -0.133. The van der Waals surface area contributed by atoms with Crippen LogP contribution in [0.5, 0.6) is 0 Å². The zero-order chi connectivity index (χ0) is 16.1. The molecule has 3 heteroatoms. The summed E-state index contributed by atoms with van der Waals surface area (Å²) in [6.45, 7) is 14.8. The number of rotatable bonds is 5. The number of amides is 1. The highest BCUT2D eigenvalue weighted by atomic mass is 16.2. The molecule has 1 amide bonds. The molecular formula is C19H36N2O. The van der Waals surface area contributed by atoms with E-state index in [1.807, 2.05) is 0 Å². The molecule has 0 aromatic carbocycles. The standard InChI is InChI=1S/C19H36N2O/c1-15(2)13-19(22)21-11-5-17(6-12-21)14-20-9-7-18(8-10-20)16(3)4/h15-18H,5-14H2,1-4H3. The van der Waals surface area contributed by atoms with E-state index in [9.17, 15) is 4.79 Å². The Hall–Kier alpha value is -0.570. The van der Waals surface area contributed by atoms with Crippen LogP contribution in [-0.2, 0) is 4.79 Å². The van der Waals surface area contributed by atoms with Crippen molar-refractivity contribution in [3.05, 3.63) is 0 Å². The summed E-state index contributed by atoms with van der Waals surface area (Å²) in [4.78, 5) is 16.9. The van der Waals surface area contributed by atoms with Crippen molar-refractivity contribution < 1.29 is 4.79 Å². The third kappa shape index (κ3) is 5.26. The summed E-state index contributed by atoms with van der Waals surface area (Å²) in [5, 5.41) is 0. The van der Waals surface area contributed by atoms with Gasteiger partial charge in [-0.2, -0.15) is 0 Å². The second kappa shape index (κ2) is 8.33. The minimum Gasteiger partial charge on any atom is -0.343 e. The third-order valence-corrected chi connectivity index (χ3v) is 5.64. The van der Waals surface area contributed by atoms with Crippen LogP contribution in [-0.4, -0.2) is 48.4 Å². The summed E-state index contributed by atoms with van der Waals surface area (Å²) in [5.41, 5.74) is 0. The van der Waals surface area contributed by atoms with E-state index >= 15 is 0 Å². The number of hydrogen-bond donors (Lipinski definition) is 0. The van der Waals surface area contributed by atoms with E-state index in [-0.39, 0.29) is 0 Å². The number of likely N-dealkylation sites (tertiary alicyclic amines) is 2. The zero-order valence-electron chi connectivity index (χ0n) is 15.2. The predicted molar refractivity (Wildman–Crippen MR) is 92.8 cm³/mol. The number of piperidine rings is 2. The Labute approximate surface area is 137 Å². The van der Waals surface area contributed by atoms with E-state index in [1.54, 1.807) is 0 Å². The molecule has 2 heterocycles. The van der Waals surface area contributed by atoms with Crippen molar-refractivity contribution in [2.45, 2.75) is 59.8 Å². The second-order valence-electron chi connectivity index (χ2n) is 8.30. The Bertz CT molecular complexity index is 337. The molecule has 0 aromatic rings. The first kappa shape index (κ1) is 17.8. The largest absolute Gasteiger partial charge is 0.343 e. The molecule has 0 bridgehead atoms. The smallest absolute Gasteiger partial charge is 0.222 e. The van der Waals surface area contributed by atoms with Gasteiger partial charge in [-0.25, -0.2) is 0 Å². The van der Waals surface area contributed by atoms with Crippen LogP contribution in [0.15, 0.2) is 0 Å². The van der Waals surface area contributed by atoms with E-state index in [4.69, 9.17) is 0 Å².